The molecule has 0 radical (unpaired) electrons. The van der Waals surface area contributed by atoms with E-state index < -0.39 is 0 Å². The molecule has 0 fully saturated rings. The van der Waals surface area contributed by atoms with Gasteiger partial charge in [-0.25, -0.2) is 9.97 Å². The van der Waals surface area contributed by atoms with Crippen LogP contribution in [0.3, 0.4) is 0 Å². The highest BCUT2D eigenvalue weighted by molar-refractivity contribution is 5.46. The Hall–Kier alpha value is -2.41. The van der Waals surface area contributed by atoms with Crippen molar-refractivity contribution in [1.29, 1.82) is 5.26 Å². The maximum absolute atomic E-state index is 8.90. The summed E-state index contributed by atoms with van der Waals surface area (Å²) in [6.45, 7) is 2.88. The molecule has 0 bridgehead atoms. The van der Waals surface area contributed by atoms with Crippen molar-refractivity contribution in [3.63, 3.8) is 0 Å². The third kappa shape index (κ3) is 3.52. The average Bonchev–Trinajstić information content (AvgIpc) is 2.48. The van der Waals surface area contributed by atoms with Crippen LogP contribution in [-0.2, 0) is 12.8 Å². The molecule has 0 atom stereocenters. The Morgan fingerprint density at radius 1 is 1.11 bits per heavy atom. The molecule has 1 N–H and O–H groups in total. The van der Waals surface area contributed by atoms with Crippen molar-refractivity contribution in [1.82, 2.24) is 9.97 Å². The lowest BCUT2D eigenvalue weighted by Gasteiger charge is -2.06. The topological polar surface area (TPSA) is 61.6 Å². The third-order valence-corrected chi connectivity index (χ3v) is 2.94. The van der Waals surface area contributed by atoms with Crippen LogP contribution in [0.1, 0.15) is 23.7 Å². The van der Waals surface area contributed by atoms with E-state index in [0.29, 0.717) is 11.5 Å². The van der Waals surface area contributed by atoms with Gasteiger partial charge in [-0.15, -0.1) is 0 Å². The molecule has 0 saturated carbocycles. The van der Waals surface area contributed by atoms with Crippen LogP contribution in [-0.4, -0.2) is 16.5 Å². The van der Waals surface area contributed by atoms with E-state index in [0.717, 1.165) is 19.4 Å². The van der Waals surface area contributed by atoms with E-state index in [1.165, 1.54) is 17.3 Å². The van der Waals surface area contributed by atoms with Crippen LogP contribution in [0.15, 0.2) is 36.7 Å². The van der Waals surface area contributed by atoms with E-state index in [4.69, 9.17) is 5.26 Å². The normalized spacial score (nSPS) is 9.89. The molecule has 19 heavy (non-hydrogen) atoms. The molecule has 0 aliphatic heterocycles. The van der Waals surface area contributed by atoms with E-state index >= 15 is 0 Å². The van der Waals surface area contributed by atoms with Crippen LogP contribution in [0, 0.1) is 11.3 Å². The lowest BCUT2D eigenvalue weighted by molar-refractivity contribution is 0.991. The Morgan fingerprint density at radius 2 is 1.79 bits per heavy atom. The minimum absolute atomic E-state index is 0.337. The molecule has 0 saturated heterocycles. The van der Waals surface area contributed by atoms with Gasteiger partial charge in [0.05, 0.1) is 0 Å². The zero-order valence-electron chi connectivity index (χ0n) is 10.9. The van der Waals surface area contributed by atoms with Crippen molar-refractivity contribution < 1.29 is 0 Å². The molecule has 1 heterocycles. The van der Waals surface area contributed by atoms with Crippen LogP contribution < -0.4 is 5.32 Å². The molecule has 1 aromatic heterocycles. The Labute approximate surface area is 113 Å². The average molecular weight is 252 g/mol. The number of rotatable bonds is 5. The van der Waals surface area contributed by atoms with Gasteiger partial charge < -0.3 is 5.32 Å². The quantitative estimate of drug-likeness (QED) is 0.888. The summed E-state index contributed by atoms with van der Waals surface area (Å²) < 4.78 is 0. The Kier molecular flexibility index (Phi) is 4.46. The van der Waals surface area contributed by atoms with Crippen LogP contribution in [0.25, 0.3) is 0 Å². The van der Waals surface area contributed by atoms with Crippen molar-refractivity contribution in [2.75, 3.05) is 11.9 Å². The molecular formula is C15H16N4. The molecule has 96 valence electrons. The van der Waals surface area contributed by atoms with Gasteiger partial charge in [-0.3, -0.25) is 0 Å². The predicted molar refractivity (Wildman–Crippen MR) is 74.8 cm³/mol. The van der Waals surface area contributed by atoms with Crippen LogP contribution in [0.2, 0.25) is 0 Å². The molecule has 4 heteroatoms. The van der Waals surface area contributed by atoms with E-state index in [1.807, 2.05) is 6.07 Å². The van der Waals surface area contributed by atoms with Crippen molar-refractivity contribution in [3.8, 4) is 6.07 Å². The van der Waals surface area contributed by atoms with E-state index in [9.17, 15) is 0 Å². The second-order valence-corrected chi connectivity index (χ2v) is 4.21. The second-order valence-electron chi connectivity index (χ2n) is 4.21. The van der Waals surface area contributed by atoms with Gasteiger partial charge in [0.15, 0.2) is 11.5 Å². The standard InChI is InChI=1S/C15H16N4/c1-2-12-3-5-13(6-4-12)7-8-18-15-14(11-16)17-9-10-19-15/h3-6,9-10H,2,7-8H2,1H3,(H,18,19). The smallest absolute Gasteiger partial charge is 0.182 e. The molecular weight excluding hydrogens is 236 g/mol. The fourth-order valence-electron chi connectivity index (χ4n) is 1.82. The van der Waals surface area contributed by atoms with Crippen LogP contribution in [0.4, 0.5) is 5.82 Å². The summed E-state index contributed by atoms with van der Waals surface area (Å²) in [5.74, 6) is 0.551. The molecule has 0 unspecified atom stereocenters. The lowest BCUT2D eigenvalue weighted by Crippen LogP contribution is -2.08. The number of nitrogens with one attached hydrogen (secondary N) is 1. The van der Waals surface area contributed by atoms with Crippen LogP contribution in [0.5, 0.6) is 0 Å². The summed E-state index contributed by atoms with van der Waals surface area (Å²) in [4.78, 5) is 8.07. The molecule has 0 aliphatic rings. The van der Waals surface area contributed by atoms with E-state index in [2.05, 4.69) is 46.5 Å². The fourth-order valence-corrected chi connectivity index (χ4v) is 1.82. The molecule has 0 amide bonds. The molecule has 0 aliphatic carbocycles. The number of nitriles is 1. The van der Waals surface area contributed by atoms with Gasteiger partial charge in [-0.1, -0.05) is 31.2 Å². The summed E-state index contributed by atoms with van der Waals surface area (Å²) in [5, 5.41) is 12.0. The minimum atomic E-state index is 0.337. The first-order chi connectivity index (χ1) is 9.33. The summed E-state index contributed by atoms with van der Waals surface area (Å²) in [5.41, 5.74) is 2.95. The van der Waals surface area contributed by atoms with Crippen molar-refractivity contribution >= 4 is 5.82 Å². The first-order valence-corrected chi connectivity index (χ1v) is 6.36. The largest absolute Gasteiger partial charge is 0.367 e. The summed E-state index contributed by atoms with van der Waals surface area (Å²) in [7, 11) is 0. The molecule has 4 nitrogen and oxygen atoms in total. The summed E-state index contributed by atoms with van der Waals surface area (Å²) in [6.07, 6.45) is 5.06. The van der Waals surface area contributed by atoms with Gasteiger partial charge in [0.2, 0.25) is 0 Å². The number of aryl methyl sites for hydroxylation is 1. The van der Waals surface area contributed by atoms with Crippen molar-refractivity contribution in [2.45, 2.75) is 19.8 Å². The third-order valence-electron chi connectivity index (χ3n) is 2.94. The first kappa shape index (κ1) is 13.0. The van der Waals surface area contributed by atoms with Gasteiger partial charge in [0.1, 0.15) is 6.07 Å². The van der Waals surface area contributed by atoms with Crippen molar-refractivity contribution in [2.24, 2.45) is 0 Å². The zero-order chi connectivity index (χ0) is 13.5. The number of hydrogen-bond acceptors (Lipinski definition) is 4. The van der Waals surface area contributed by atoms with Gasteiger partial charge in [-0.05, 0) is 24.0 Å². The summed E-state index contributed by atoms with van der Waals surface area (Å²) in [6, 6.07) is 10.6. The maximum atomic E-state index is 8.90. The number of benzene rings is 1. The van der Waals surface area contributed by atoms with Gasteiger partial charge in [0, 0.05) is 18.9 Å². The molecule has 2 aromatic rings. The Morgan fingerprint density at radius 3 is 2.47 bits per heavy atom. The Bertz CT molecular complexity index is 569. The second kappa shape index (κ2) is 6.50. The zero-order valence-corrected chi connectivity index (χ0v) is 10.9. The SMILES string of the molecule is CCc1ccc(CCNc2nccnc2C#N)cc1. The number of aromatic nitrogens is 2. The summed E-state index contributed by atoms with van der Waals surface area (Å²) >= 11 is 0. The van der Waals surface area contributed by atoms with E-state index in [-0.39, 0.29) is 0 Å². The number of nitrogens with zero attached hydrogens (tertiary/aromatic N) is 3. The van der Waals surface area contributed by atoms with Gasteiger partial charge in [-0.2, -0.15) is 5.26 Å². The predicted octanol–water partition coefficient (Wildman–Crippen LogP) is 2.57. The highest BCUT2D eigenvalue weighted by atomic mass is 15.0. The van der Waals surface area contributed by atoms with E-state index in [1.54, 1.807) is 6.20 Å². The Balaban J connectivity index is 1.91. The fraction of sp³-hybridized carbons (Fsp3) is 0.267. The molecule has 1 aromatic carbocycles. The van der Waals surface area contributed by atoms with Crippen molar-refractivity contribution in [3.05, 3.63) is 53.5 Å². The highest BCUT2D eigenvalue weighted by Gasteiger charge is 2.02. The van der Waals surface area contributed by atoms with Gasteiger partial charge >= 0.3 is 0 Å². The number of hydrogen-bond donors (Lipinski definition) is 1. The maximum Gasteiger partial charge on any atom is 0.182 e. The minimum Gasteiger partial charge on any atom is -0.367 e. The number of anilines is 1. The highest BCUT2D eigenvalue weighted by Crippen LogP contribution is 2.08. The first-order valence-electron chi connectivity index (χ1n) is 6.36. The van der Waals surface area contributed by atoms with Crippen LogP contribution >= 0.6 is 0 Å². The van der Waals surface area contributed by atoms with Gasteiger partial charge in [0.25, 0.3) is 0 Å². The lowest BCUT2D eigenvalue weighted by atomic mass is 10.1. The molecule has 0 spiro atoms. The molecule has 2 rings (SSSR count). The monoisotopic (exact) mass is 252 g/mol.